The van der Waals surface area contributed by atoms with Gasteiger partial charge >= 0.3 is 0 Å². The van der Waals surface area contributed by atoms with Crippen LogP contribution in [0.3, 0.4) is 0 Å². The molecule has 0 atom stereocenters. The average molecular weight is 164 g/mol. The molecule has 0 aliphatic heterocycles. The fraction of sp³-hybridized carbons (Fsp3) is 1.00. The van der Waals surface area contributed by atoms with Crippen LogP contribution in [-0.4, -0.2) is 26.4 Å². The normalized spacial score (nSPS) is 8.73. The van der Waals surface area contributed by atoms with Crippen molar-refractivity contribution >= 4 is 0 Å². The minimum Gasteiger partial charge on any atom is -0.374 e. The van der Waals surface area contributed by atoms with Crippen molar-refractivity contribution in [1.82, 2.24) is 0 Å². The van der Waals surface area contributed by atoms with Gasteiger partial charge in [0.2, 0.25) is 0 Å². The number of hydrogen-bond acceptors (Lipinski definition) is 7. The van der Waals surface area contributed by atoms with Crippen molar-refractivity contribution in [1.29, 1.82) is 0 Å². The van der Waals surface area contributed by atoms with Crippen molar-refractivity contribution in [2.24, 2.45) is 10.7 Å². The molecule has 0 bridgehead atoms. The molecule has 0 aromatic carbocycles. The van der Waals surface area contributed by atoms with E-state index < -0.39 is 0 Å². The van der Waals surface area contributed by atoms with E-state index in [9.17, 15) is 9.81 Å². The molecule has 64 valence electrons. The van der Waals surface area contributed by atoms with Crippen LogP contribution in [0.25, 0.3) is 0 Å². The summed E-state index contributed by atoms with van der Waals surface area (Å²) in [6.07, 6.45) is 0. The summed E-state index contributed by atoms with van der Waals surface area (Å²) in [6.45, 7) is 0.651. The van der Waals surface area contributed by atoms with Crippen molar-refractivity contribution in [2.75, 3.05) is 26.4 Å². The van der Waals surface area contributed by atoms with E-state index in [1.54, 1.807) is 0 Å². The first-order valence-corrected chi connectivity index (χ1v) is 2.88. The molecule has 0 aromatic rings. The minimum absolute atomic E-state index is 0.0953. The largest absolute Gasteiger partial charge is 0.374 e. The van der Waals surface area contributed by atoms with E-state index in [4.69, 9.17) is 4.74 Å². The van der Waals surface area contributed by atoms with Gasteiger partial charge in [-0.2, -0.15) is 0 Å². The van der Waals surface area contributed by atoms with Crippen LogP contribution in [0.1, 0.15) is 0 Å². The highest BCUT2D eigenvalue weighted by atomic mass is 16.7. The summed E-state index contributed by atoms with van der Waals surface area (Å²) in [7, 11) is 0. The zero-order valence-corrected chi connectivity index (χ0v) is 5.76. The quantitative estimate of drug-likeness (QED) is 0.294. The number of hydrogen-bond donors (Lipinski definition) is 0. The molecule has 11 heavy (non-hydrogen) atoms. The van der Waals surface area contributed by atoms with E-state index in [-0.39, 0.29) is 26.4 Å². The Morgan fingerprint density at radius 3 is 1.64 bits per heavy atom. The Balaban J connectivity index is 2.79. The molecule has 0 unspecified atom stereocenters. The van der Waals surface area contributed by atoms with Crippen molar-refractivity contribution in [3.8, 4) is 0 Å². The fourth-order valence-corrected chi connectivity index (χ4v) is 0.369. The highest BCUT2D eigenvalue weighted by Gasteiger charge is 1.89. The molecule has 0 radical (unpaired) electrons. The minimum atomic E-state index is 0.0953. The van der Waals surface area contributed by atoms with Crippen molar-refractivity contribution in [2.45, 2.75) is 0 Å². The van der Waals surface area contributed by atoms with E-state index in [0.717, 1.165) is 0 Å². The third-order valence-corrected chi connectivity index (χ3v) is 0.743. The van der Waals surface area contributed by atoms with Crippen LogP contribution in [0.15, 0.2) is 10.7 Å². The molecule has 0 spiro atoms. The maximum absolute atomic E-state index is 9.33. The van der Waals surface area contributed by atoms with Crippen LogP contribution in [0.5, 0.6) is 0 Å². The molecule has 0 fully saturated rings. The highest BCUT2D eigenvalue weighted by molar-refractivity contribution is 4.28. The lowest BCUT2D eigenvalue weighted by atomic mass is 10.7. The summed E-state index contributed by atoms with van der Waals surface area (Å²) in [5.74, 6) is 0. The monoisotopic (exact) mass is 164 g/mol. The van der Waals surface area contributed by atoms with Gasteiger partial charge in [0.05, 0.1) is 13.2 Å². The Kier molecular flexibility index (Phi) is 7.77. The Labute approximate surface area is 62.5 Å². The lowest BCUT2D eigenvalue weighted by molar-refractivity contribution is 0.0151. The van der Waals surface area contributed by atoms with Gasteiger partial charge in [-0.05, 0) is 0 Å². The van der Waals surface area contributed by atoms with Crippen LogP contribution >= 0.6 is 0 Å². The lowest BCUT2D eigenvalue weighted by Crippen LogP contribution is -2.06. The van der Waals surface area contributed by atoms with E-state index in [2.05, 4.69) is 20.4 Å². The fourth-order valence-electron chi connectivity index (χ4n) is 0.369. The second kappa shape index (κ2) is 8.76. The van der Waals surface area contributed by atoms with Gasteiger partial charge in [0.1, 0.15) is 13.2 Å². The van der Waals surface area contributed by atoms with E-state index in [1.165, 1.54) is 0 Å². The van der Waals surface area contributed by atoms with Gasteiger partial charge in [0, 0.05) is 0 Å². The third kappa shape index (κ3) is 8.76. The van der Waals surface area contributed by atoms with Crippen molar-refractivity contribution in [3.63, 3.8) is 0 Å². The van der Waals surface area contributed by atoms with Gasteiger partial charge in [-0.15, -0.1) is 9.81 Å². The molecule has 0 amide bonds. The van der Waals surface area contributed by atoms with Crippen LogP contribution in [-0.2, 0) is 14.4 Å². The Hall–Kier alpha value is -1.24. The predicted octanol–water partition coefficient (Wildman–Crippen LogP) is 0.399. The van der Waals surface area contributed by atoms with Gasteiger partial charge in [0.15, 0.2) is 10.7 Å². The molecule has 0 aliphatic rings. The summed E-state index contributed by atoms with van der Waals surface area (Å²) in [5.41, 5.74) is 0. The molecule has 0 rings (SSSR count). The van der Waals surface area contributed by atoms with Gasteiger partial charge in [-0.25, -0.2) is 0 Å². The van der Waals surface area contributed by atoms with Crippen molar-refractivity contribution in [3.05, 3.63) is 9.81 Å². The van der Waals surface area contributed by atoms with Gasteiger partial charge in [0.25, 0.3) is 0 Å². The Bertz CT molecular complexity index is 96.7. The third-order valence-electron chi connectivity index (χ3n) is 0.743. The van der Waals surface area contributed by atoms with Crippen molar-refractivity contribution < 1.29 is 14.4 Å². The molecule has 7 heteroatoms. The van der Waals surface area contributed by atoms with E-state index in [0.29, 0.717) is 0 Å². The number of ether oxygens (including phenoxy) is 1. The molecule has 0 N–H and O–H groups in total. The maximum atomic E-state index is 9.33. The molecule has 0 saturated heterocycles. The van der Waals surface area contributed by atoms with Crippen LogP contribution in [0.2, 0.25) is 0 Å². The summed E-state index contributed by atoms with van der Waals surface area (Å²) < 4.78 is 4.79. The predicted molar refractivity (Wildman–Crippen MR) is 34.3 cm³/mol. The molecule has 7 nitrogen and oxygen atoms in total. The van der Waals surface area contributed by atoms with Crippen LogP contribution < -0.4 is 0 Å². The molecule has 0 aliphatic carbocycles. The first kappa shape index (κ1) is 9.76. The van der Waals surface area contributed by atoms with Crippen LogP contribution in [0, 0.1) is 9.81 Å². The molecular formula is C4H8N2O5. The van der Waals surface area contributed by atoms with Crippen LogP contribution in [0.4, 0.5) is 0 Å². The second-order valence-corrected chi connectivity index (χ2v) is 1.43. The average Bonchev–Trinajstić information content (AvgIpc) is 2.03. The van der Waals surface area contributed by atoms with E-state index in [1.807, 2.05) is 0 Å². The molecule has 0 aromatic heterocycles. The molecular weight excluding hydrogens is 156 g/mol. The smallest absolute Gasteiger partial charge is 0.155 e. The van der Waals surface area contributed by atoms with Gasteiger partial charge in [-0.3, -0.25) is 0 Å². The second-order valence-electron chi connectivity index (χ2n) is 1.43. The highest BCUT2D eigenvalue weighted by Crippen LogP contribution is 1.80. The number of nitrogens with zero attached hydrogens (tertiary/aromatic N) is 2. The summed E-state index contributed by atoms with van der Waals surface area (Å²) in [6, 6.07) is 0. The standard InChI is InChI=1S/C4H8N2O5/c7-5-10-3-1-9-2-4-11-6-8/h1-4H2. The first-order valence-electron chi connectivity index (χ1n) is 2.88. The maximum Gasteiger partial charge on any atom is 0.155 e. The Morgan fingerprint density at radius 1 is 0.818 bits per heavy atom. The lowest BCUT2D eigenvalue weighted by Gasteiger charge is -1.98. The summed E-state index contributed by atoms with van der Waals surface area (Å²) in [4.78, 5) is 26.8. The summed E-state index contributed by atoms with van der Waals surface area (Å²) in [5, 5.41) is 4.28. The molecule has 0 heterocycles. The zero-order chi connectivity index (χ0) is 8.36. The number of rotatable bonds is 8. The topological polar surface area (TPSA) is 86.6 Å². The zero-order valence-electron chi connectivity index (χ0n) is 5.76. The van der Waals surface area contributed by atoms with E-state index >= 15 is 0 Å². The van der Waals surface area contributed by atoms with Gasteiger partial charge < -0.3 is 14.4 Å². The Morgan fingerprint density at radius 2 is 1.27 bits per heavy atom. The SMILES string of the molecule is O=NOCCOCCON=O. The summed E-state index contributed by atoms with van der Waals surface area (Å²) >= 11 is 0. The molecule has 0 saturated carbocycles. The van der Waals surface area contributed by atoms with Gasteiger partial charge in [-0.1, -0.05) is 0 Å². The first-order chi connectivity index (χ1) is 5.41.